The molecule has 1 aromatic heterocycles. The van der Waals surface area contributed by atoms with Crippen LogP contribution < -0.4 is 15.1 Å². The summed E-state index contributed by atoms with van der Waals surface area (Å²) in [6.07, 6.45) is 4.98. The summed E-state index contributed by atoms with van der Waals surface area (Å²) in [6.45, 7) is 15.5. The summed E-state index contributed by atoms with van der Waals surface area (Å²) in [5, 5.41) is 30.9. The van der Waals surface area contributed by atoms with E-state index in [9.17, 15) is 14.7 Å². The van der Waals surface area contributed by atoms with Gasteiger partial charge in [-0.3, -0.25) is 9.59 Å². The highest BCUT2D eigenvalue weighted by Gasteiger charge is 2.42. The van der Waals surface area contributed by atoms with E-state index in [1.807, 2.05) is 0 Å². The summed E-state index contributed by atoms with van der Waals surface area (Å²) < 4.78 is 7.82. The number of anilines is 2. The molecule has 0 aliphatic carbocycles. The van der Waals surface area contributed by atoms with Crippen LogP contribution in [0.3, 0.4) is 0 Å². The lowest BCUT2D eigenvalue weighted by Gasteiger charge is -2.30. The van der Waals surface area contributed by atoms with Crippen LogP contribution in [0.4, 0.5) is 11.4 Å². The highest BCUT2D eigenvalue weighted by Crippen LogP contribution is 2.39. The zero-order chi connectivity index (χ0) is 37.8. The molecule has 0 saturated carbocycles. The minimum Gasteiger partial charge on any atom is -0.508 e. The quantitative estimate of drug-likeness (QED) is 0.126. The molecule has 0 spiro atoms. The number of hydrazone groups is 1. The number of tetrazole rings is 1. The van der Waals surface area contributed by atoms with Crippen LogP contribution in [0, 0.1) is 0 Å². The van der Waals surface area contributed by atoms with Gasteiger partial charge in [0.05, 0.1) is 18.0 Å². The SMILES string of the molecule is CCC(C)(C)c1ccc(OCCCC(=O)Nc2ccc(N3N=C(N4CCCC4)C(Sc4nnnn4-c4ccc(O)cc4)C3=O)cc2)c(C(C)(C)CC)c1. The summed E-state index contributed by atoms with van der Waals surface area (Å²) in [7, 11) is 0. The number of carbonyl (C=O) groups is 2. The number of phenolic OH excluding ortho intramolecular Hbond substituents is 1. The van der Waals surface area contributed by atoms with Crippen molar-refractivity contribution in [1.29, 1.82) is 0 Å². The Hall–Kier alpha value is -4.91. The molecule has 12 nitrogen and oxygen atoms in total. The van der Waals surface area contributed by atoms with Crippen LogP contribution in [0.15, 0.2) is 77.0 Å². The number of benzene rings is 3. The molecule has 2 aliphatic heterocycles. The molecular weight excluding hydrogens is 689 g/mol. The second-order valence-electron chi connectivity index (χ2n) is 14.9. The van der Waals surface area contributed by atoms with Crippen molar-refractivity contribution in [3.8, 4) is 17.2 Å². The van der Waals surface area contributed by atoms with E-state index in [2.05, 4.69) is 85.5 Å². The van der Waals surface area contributed by atoms with E-state index >= 15 is 0 Å². The van der Waals surface area contributed by atoms with E-state index in [0.29, 0.717) is 47.5 Å². The predicted molar refractivity (Wildman–Crippen MR) is 209 cm³/mol. The maximum absolute atomic E-state index is 13.9. The monoisotopic (exact) mass is 738 g/mol. The van der Waals surface area contributed by atoms with Crippen LogP contribution in [0.2, 0.25) is 0 Å². The third-order valence-electron chi connectivity index (χ3n) is 10.5. The molecule has 3 heterocycles. The third-order valence-corrected chi connectivity index (χ3v) is 11.6. The van der Waals surface area contributed by atoms with Gasteiger partial charge >= 0.3 is 0 Å². The normalized spacial score (nSPS) is 16.3. The lowest BCUT2D eigenvalue weighted by molar-refractivity contribution is -0.117. The first-order valence-electron chi connectivity index (χ1n) is 18.5. The van der Waals surface area contributed by atoms with Gasteiger partial charge in [0.15, 0.2) is 5.25 Å². The number of nitrogens with one attached hydrogen (secondary N) is 1. The van der Waals surface area contributed by atoms with Crippen LogP contribution in [0.5, 0.6) is 11.5 Å². The molecular formula is C40H50N8O4S. The number of amidine groups is 1. The minimum absolute atomic E-state index is 0.0355. The van der Waals surface area contributed by atoms with Gasteiger partial charge in [0.1, 0.15) is 17.3 Å². The van der Waals surface area contributed by atoms with Gasteiger partial charge in [-0.15, -0.1) is 5.10 Å². The number of amides is 2. The molecule has 4 aromatic rings. The predicted octanol–water partition coefficient (Wildman–Crippen LogP) is 7.46. The Bertz CT molecular complexity index is 1930. The van der Waals surface area contributed by atoms with Gasteiger partial charge in [0.2, 0.25) is 11.1 Å². The summed E-state index contributed by atoms with van der Waals surface area (Å²) in [6, 6.07) is 20.2. The van der Waals surface area contributed by atoms with Gasteiger partial charge in [0, 0.05) is 30.8 Å². The minimum atomic E-state index is -0.651. The van der Waals surface area contributed by atoms with Crippen molar-refractivity contribution in [3.05, 3.63) is 77.9 Å². The number of aromatic nitrogens is 4. The number of hydrogen-bond donors (Lipinski definition) is 2. The van der Waals surface area contributed by atoms with Gasteiger partial charge in [-0.1, -0.05) is 65.4 Å². The zero-order valence-electron chi connectivity index (χ0n) is 31.5. The molecule has 1 fully saturated rings. The number of carbonyl (C=O) groups excluding carboxylic acids is 2. The Labute approximate surface area is 316 Å². The van der Waals surface area contributed by atoms with Crippen molar-refractivity contribution in [3.63, 3.8) is 0 Å². The zero-order valence-corrected chi connectivity index (χ0v) is 32.3. The number of likely N-dealkylation sites (tertiary alicyclic amines) is 1. The molecule has 0 bridgehead atoms. The van der Waals surface area contributed by atoms with Crippen molar-refractivity contribution in [2.24, 2.45) is 5.10 Å². The van der Waals surface area contributed by atoms with Gasteiger partial charge in [-0.25, -0.2) is 0 Å². The molecule has 13 heteroatoms. The van der Waals surface area contributed by atoms with Crippen LogP contribution in [-0.2, 0) is 20.4 Å². The molecule has 6 rings (SSSR count). The molecule has 1 saturated heterocycles. The summed E-state index contributed by atoms with van der Waals surface area (Å²) in [4.78, 5) is 29.0. The fraction of sp³-hybridized carbons (Fsp3) is 0.450. The average molecular weight is 739 g/mol. The Kier molecular flexibility index (Phi) is 11.4. The second kappa shape index (κ2) is 16.0. The maximum Gasteiger partial charge on any atom is 0.268 e. The van der Waals surface area contributed by atoms with Crippen molar-refractivity contribution in [2.45, 2.75) is 101 Å². The maximum atomic E-state index is 13.9. The van der Waals surface area contributed by atoms with Crippen molar-refractivity contribution in [2.75, 3.05) is 30.0 Å². The first-order chi connectivity index (χ1) is 25.4. The van der Waals surface area contributed by atoms with Gasteiger partial charge in [-0.05, 0) is 114 Å². The number of thioether (sulfide) groups is 1. The number of nitrogens with zero attached hydrogens (tertiary/aromatic N) is 7. The highest BCUT2D eigenvalue weighted by molar-refractivity contribution is 8.01. The van der Waals surface area contributed by atoms with E-state index in [1.54, 1.807) is 53.2 Å². The van der Waals surface area contributed by atoms with E-state index in [-0.39, 0.29) is 28.4 Å². The molecule has 2 amide bonds. The van der Waals surface area contributed by atoms with E-state index in [0.717, 1.165) is 44.5 Å². The van der Waals surface area contributed by atoms with Crippen molar-refractivity contribution >= 4 is 40.8 Å². The van der Waals surface area contributed by atoms with Gasteiger partial charge < -0.3 is 20.1 Å². The number of hydrogen-bond acceptors (Lipinski definition) is 10. The summed E-state index contributed by atoms with van der Waals surface area (Å²) >= 11 is 1.24. The van der Waals surface area contributed by atoms with E-state index in [1.165, 1.54) is 27.9 Å². The summed E-state index contributed by atoms with van der Waals surface area (Å²) in [5.41, 5.74) is 4.45. The number of rotatable bonds is 14. The first-order valence-corrected chi connectivity index (χ1v) is 19.4. The van der Waals surface area contributed by atoms with Crippen LogP contribution in [0.25, 0.3) is 5.69 Å². The lowest BCUT2D eigenvalue weighted by Crippen LogP contribution is -2.37. The molecule has 2 N–H and O–H groups in total. The van der Waals surface area contributed by atoms with Crippen LogP contribution in [0.1, 0.15) is 91.2 Å². The number of aromatic hydroxyl groups is 1. The Morgan fingerprint density at radius 1 is 0.943 bits per heavy atom. The first kappa shape index (κ1) is 37.8. The van der Waals surface area contributed by atoms with Crippen molar-refractivity contribution in [1.82, 2.24) is 25.1 Å². The number of ether oxygens (including phenoxy) is 1. The topological polar surface area (TPSA) is 138 Å². The second-order valence-corrected chi connectivity index (χ2v) is 16.0. The smallest absolute Gasteiger partial charge is 0.268 e. The summed E-state index contributed by atoms with van der Waals surface area (Å²) in [5.74, 6) is 1.37. The number of phenols is 1. The van der Waals surface area contributed by atoms with Crippen molar-refractivity contribution < 1.29 is 19.4 Å². The molecule has 3 aromatic carbocycles. The third kappa shape index (κ3) is 8.51. The van der Waals surface area contributed by atoms with Gasteiger partial charge in [0.25, 0.3) is 5.91 Å². The molecule has 1 atom stereocenters. The molecule has 53 heavy (non-hydrogen) atoms. The molecule has 0 radical (unpaired) electrons. The fourth-order valence-corrected chi connectivity index (χ4v) is 7.37. The van der Waals surface area contributed by atoms with E-state index < -0.39 is 5.25 Å². The fourth-order valence-electron chi connectivity index (χ4n) is 6.33. The van der Waals surface area contributed by atoms with Crippen LogP contribution >= 0.6 is 11.8 Å². The molecule has 2 aliphatic rings. The average Bonchev–Trinajstić information content (AvgIpc) is 3.93. The largest absolute Gasteiger partial charge is 0.508 e. The van der Waals surface area contributed by atoms with Gasteiger partial charge in [-0.2, -0.15) is 14.8 Å². The standard InChI is InChI=1S/C40H50N8O4S/c1-7-39(3,4)27-13-22-33(32(26-27)40(5,6)8-2)52-25-11-12-34(50)41-28-14-16-29(17-15-28)47-37(51)35(36(43-47)46-23-9-10-24-46)53-38-42-44-45-48(38)30-18-20-31(49)21-19-30/h13-22,26,35,49H,7-12,23-25H2,1-6H3,(H,41,50). The molecule has 1 unspecified atom stereocenters. The Morgan fingerprint density at radius 3 is 2.30 bits per heavy atom. The van der Waals surface area contributed by atoms with E-state index in [4.69, 9.17) is 9.84 Å². The van der Waals surface area contributed by atoms with Crippen LogP contribution in [-0.4, -0.2) is 72.8 Å². The Morgan fingerprint density at radius 2 is 1.62 bits per heavy atom. The Balaban J connectivity index is 1.07. The molecule has 280 valence electrons. The highest BCUT2D eigenvalue weighted by atomic mass is 32.2. The lowest BCUT2D eigenvalue weighted by atomic mass is 9.76.